The average Bonchev–Trinajstić information content (AvgIpc) is 3.24. The van der Waals surface area contributed by atoms with E-state index in [9.17, 15) is 9.59 Å². The van der Waals surface area contributed by atoms with Crippen molar-refractivity contribution in [3.05, 3.63) is 88.3 Å². The summed E-state index contributed by atoms with van der Waals surface area (Å²) in [5.74, 6) is -0.446. The van der Waals surface area contributed by atoms with Gasteiger partial charge in [-0.1, -0.05) is 46.3 Å². The Bertz CT molecular complexity index is 955. The van der Waals surface area contributed by atoms with Crippen LogP contribution in [-0.2, 0) is 11.2 Å². The molecule has 0 fully saturated rings. The SMILES string of the molecule is Cc1cc(N(C)C(=O)C(Cc2ccccc2)NC(=O)c2ccco2)ccc1Br. The number of nitrogens with zero attached hydrogens (tertiary/aromatic N) is 1. The number of nitrogens with one attached hydrogen (secondary N) is 1. The molecule has 5 nitrogen and oxygen atoms in total. The van der Waals surface area contributed by atoms with E-state index in [4.69, 9.17) is 4.42 Å². The predicted molar refractivity (Wildman–Crippen MR) is 112 cm³/mol. The van der Waals surface area contributed by atoms with Crippen molar-refractivity contribution < 1.29 is 14.0 Å². The Labute approximate surface area is 172 Å². The Kier molecular flexibility index (Phi) is 6.31. The van der Waals surface area contributed by atoms with Crippen molar-refractivity contribution in [1.29, 1.82) is 0 Å². The fourth-order valence-corrected chi connectivity index (χ4v) is 3.13. The minimum absolute atomic E-state index is 0.174. The van der Waals surface area contributed by atoms with Crippen molar-refractivity contribution >= 4 is 33.4 Å². The maximum atomic E-state index is 13.2. The number of carbonyl (C=O) groups is 2. The highest BCUT2D eigenvalue weighted by molar-refractivity contribution is 9.10. The third-order valence-electron chi connectivity index (χ3n) is 4.49. The molecule has 28 heavy (non-hydrogen) atoms. The second-order valence-electron chi connectivity index (χ2n) is 6.52. The summed E-state index contributed by atoms with van der Waals surface area (Å²) in [6.45, 7) is 1.96. The highest BCUT2D eigenvalue weighted by Crippen LogP contribution is 2.23. The summed E-state index contributed by atoms with van der Waals surface area (Å²) >= 11 is 3.47. The van der Waals surface area contributed by atoms with Crippen LogP contribution >= 0.6 is 15.9 Å². The van der Waals surface area contributed by atoms with Gasteiger partial charge in [-0.2, -0.15) is 0 Å². The summed E-state index contributed by atoms with van der Waals surface area (Å²) in [4.78, 5) is 27.3. The lowest BCUT2D eigenvalue weighted by Crippen LogP contribution is -2.48. The highest BCUT2D eigenvalue weighted by atomic mass is 79.9. The van der Waals surface area contributed by atoms with E-state index in [1.54, 1.807) is 24.1 Å². The molecule has 2 aromatic carbocycles. The Morgan fingerprint density at radius 2 is 1.86 bits per heavy atom. The van der Waals surface area contributed by atoms with Crippen LogP contribution in [0.5, 0.6) is 0 Å². The summed E-state index contributed by atoms with van der Waals surface area (Å²) < 4.78 is 6.13. The van der Waals surface area contributed by atoms with Crippen LogP contribution in [0, 0.1) is 6.92 Å². The zero-order valence-electron chi connectivity index (χ0n) is 15.7. The molecule has 0 saturated carbocycles. The molecule has 1 N–H and O–H groups in total. The molecule has 1 unspecified atom stereocenters. The summed E-state index contributed by atoms with van der Waals surface area (Å²) in [6.07, 6.45) is 1.81. The van der Waals surface area contributed by atoms with Gasteiger partial charge in [0.15, 0.2) is 5.76 Å². The third-order valence-corrected chi connectivity index (χ3v) is 5.38. The van der Waals surface area contributed by atoms with Crippen LogP contribution in [0.1, 0.15) is 21.7 Å². The van der Waals surface area contributed by atoms with Gasteiger partial charge >= 0.3 is 0 Å². The highest BCUT2D eigenvalue weighted by Gasteiger charge is 2.26. The van der Waals surface area contributed by atoms with E-state index < -0.39 is 11.9 Å². The second kappa shape index (κ2) is 8.89. The van der Waals surface area contributed by atoms with Crippen molar-refractivity contribution in [2.24, 2.45) is 0 Å². The van der Waals surface area contributed by atoms with E-state index in [0.717, 1.165) is 21.3 Å². The number of aryl methyl sites for hydroxylation is 1. The van der Waals surface area contributed by atoms with Crippen molar-refractivity contribution in [1.82, 2.24) is 5.32 Å². The Balaban J connectivity index is 1.84. The smallest absolute Gasteiger partial charge is 0.287 e. The lowest BCUT2D eigenvalue weighted by molar-refractivity contribution is -0.120. The molecular weight excluding hydrogens is 420 g/mol. The van der Waals surface area contributed by atoms with Gasteiger partial charge < -0.3 is 14.6 Å². The number of rotatable bonds is 6. The minimum Gasteiger partial charge on any atom is -0.459 e. The van der Waals surface area contributed by atoms with E-state index in [2.05, 4.69) is 21.2 Å². The molecule has 1 heterocycles. The number of halogens is 1. The van der Waals surface area contributed by atoms with Crippen LogP contribution in [0.4, 0.5) is 5.69 Å². The molecule has 0 aliphatic rings. The Hall–Kier alpha value is -2.86. The first-order valence-electron chi connectivity index (χ1n) is 8.87. The van der Waals surface area contributed by atoms with E-state index in [0.29, 0.717) is 6.42 Å². The summed E-state index contributed by atoms with van der Waals surface area (Å²) in [5, 5.41) is 2.81. The van der Waals surface area contributed by atoms with Crippen LogP contribution in [0.3, 0.4) is 0 Å². The standard InChI is InChI=1S/C22H21BrN2O3/c1-15-13-17(10-11-18(15)23)25(2)22(27)19(14-16-7-4-3-5-8-16)24-21(26)20-9-6-12-28-20/h3-13,19H,14H2,1-2H3,(H,24,26). The fourth-order valence-electron chi connectivity index (χ4n) is 2.89. The monoisotopic (exact) mass is 440 g/mol. The van der Waals surface area contributed by atoms with E-state index in [1.807, 2.05) is 55.5 Å². The van der Waals surface area contributed by atoms with Crippen LogP contribution in [0.15, 0.2) is 75.8 Å². The second-order valence-corrected chi connectivity index (χ2v) is 7.38. The molecule has 0 radical (unpaired) electrons. The first kappa shape index (κ1) is 19.9. The van der Waals surface area contributed by atoms with Gasteiger partial charge in [0.05, 0.1) is 6.26 Å². The van der Waals surface area contributed by atoms with E-state index in [-0.39, 0.29) is 11.7 Å². The van der Waals surface area contributed by atoms with Gasteiger partial charge in [0.2, 0.25) is 5.91 Å². The first-order chi connectivity index (χ1) is 13.5. The average molecular weight is 441 g/mol. The van der Waals surface area contributed by atoms with Crippen molar-refractivity contribution in [3.8, 4) is 0 Å². The largest absolute Gasteiger partial charge is 0.459 e. The molecule has 0 saturated heterocycles. The third kappa shape index (κ3) is 4.70. The van der Waals surface area contributed by atoms with Gasteiger partial charge in [0, 0.05) is 23.6 Å². The number of hydrogen-bond acceptors (Lipinski definition) is 3. The van der Waals surface area contributed by atoms with E-state index >= 15 is 0 Å². The maximum absolute atomic E-state index is 13.2. The van der Waals surface area contributed by atoms with Crippen LogP contribution in [0.2, 0.25) is 0 Å². The van der Waals surface area contributed by atoms with Gasteiger partial charge in [-0.25, -0.2) is 0 Å². The first-order valence-corrected chi connectivity index (χ1v) is 9.67. The molecule has 0 bridgehead atoms. The van der Waals surface area contributed by atoms with Gasteiger partial charge in [0.25, 0.3) is 5.91 Å². The lowest BCUT2D eigenvalue weighted by Gasteiger charge is -2.25. The number of benzene rings is 2. The number of carbonyl (C=O) groups excluding carboxylic acids is 2. The zero-order valence-corrected chi connectivity index (χ0v) is 17.3. The molecule has 1 aromatic heterocycles. The molecule has 3 rings (SSSR count). The molecule has 0 aliphatic carbocycles. The van der Waals surface area contributed by atoms with Crippen molar-refractivity contribution in [2.45, 2.75) is 19.4 Å². The number of amides is 2. The summed E-state index contributed by atoms with van der Waals surface area (Å²) in [7, 11) is 1.71. The number of likely N-dealkylation sites (N-methyl/N-ethyl adjacent to an activating group) is 1. The number of anilines is 1. The van der Waals surface area contributed by atoms with Gasteiger partial charge in [0.1, 0.15) is 6.04 Å². The lowest BCUT2D eigenvalue weighted by atomic mass is 10.0. The molecule has 3 aromatic rings. The topological polar surface area (TPSA) is 62.6 Å². The quantitative estimate of drug-likeness (QED) is 0.619. The number of furan rings is 1. The maximum Gasteiger partial charge on any atom is 0.287 e. The van der Waals surface area contributed by atoms with Crippen LogP contribution < -0.4 is 10.2 Å². The van der Waals surface area contributed by atoms with Gasteiger partial charge in [-0.05, 0) is 48.4 Å². The number of hydrogen-bond donors (Lipinski definition) is 1. The van der Waals surface area contributed by atoms with Gasteiger partial charge in [-0.15, -0.1) is 0 Å². The van der Waals surface area contributed by atoms with Gasteiger partial charge in [-0.3, -0.25) is 9.59 Å². The van der Waals surface area contributed by atoms with Crippen LogP contribution in [-0.4, -0.2) is 24.9 Å². The van der Waals surface area contributed by atoms with Crippen molar-refractivity contribution in [2.75, 3.05) is 11.9 Å². The molecule has 0 spiro atoms. The zero-order chi connectivity index (χ0) is 20.1. The predicted octanol–water partition coefficient (Wildman–Crippen LogP) is 4.35. The molecular formula is C22H21BrN2O3. The molecule has 0 aliphatic heterocycles. The summed E-state index contributed by atoms with van der Waals surface area (Å²) in [5.41, 5.74) is 2.74. The molecule has 6 heteroatoms. The normalized spacial score (nSPS) is 11.7. The molecule has 144 valence electrons. The molecule has 1 atom stereocenters. The Morgan fingerprint density at radius 3 is 2.50 bits per heavy atom. The fraction of sp³-hybridized carbons (Fsp3) is 0.182. The van der Waals surface area contributed by atoms with E-state index in [1.165, 1.54) is 6.26 Å². The molecule has 2 amide bonds. The Morgan fingerprint density at radius 1 is 1.11 bits per heavy atom. The minimum atomic E-state index is -0.728. The summed E-state index contributed by atoms with van der Waals surface area (Å²) in [6, 6.07) is 17.8. The van der Waals surface area contributed by atoms with Crippen LogP contribution in [0.25, 0.3) is 0 Å². The van der Waals surface area contributed by atoms with Crippen molar-refractivity contribution in [3.63, 3.8) is 0 Å².